The fourth-order valence-corrected chi connectivity index (χ4v) is 2.53. The summed E-state index contributed by atoms with van der Waals surface area (Å²) in [6.07, 6.45) is 2.65. The molecule has 0 heterocycles. The van der Waals surface area contributed by atoms with Crippen molar-refractivity contribution in [3.8, 4) is 11.5 Å². The van der Waals surface area contributed by atoms with Gasteiger partial charge < -0.3 is 20.1 Å². The van der Waals surface area contributed by atoms with E-state index >= 15 is 0 Å². The summed E-state index contributed by atoms with van der Waals surface area (Å²) < 4.78 is 11.6. The summed E-state index contributed by atoms with van der Waals surface area (Å²) in [5.74, 6) is 3.10. The Morgan fingerprint density at radius 1 is 1.23 bits per heavy atom. The van der Waals surface area contributed by atoms with Crippen LogP contribution in [-0.4, -0.2) is 33.3 Å². The molecule has 1 fully saturated rings. The maximum absolute atomic E-state index is 5.35. The van der Waals surface area contributed by atoms with E-state index in [-0.39, 0.29) is 0 Å². The normalized spacial score (nSPS) is 14.6. The lowest BCUT2D eigenvalue weighted by molar-refractivity contribution is 0.354. The monoisotopic (exact) mass is 369 g/mol. The second kappa shape index (κ2) is 8.27. The van der Waals surface area contributed by atoms with Crippen molar-refractivity contribution in [1.82, 2.24) is 10.6 Å². The van der Waals surface area contributed by atoms with Crippen LogP contribution in [-0.2, 0) is 6.54 Å². The first-order valence-corrected chi connectivity index (χ1v) is 8.39. The third-order valence-corrected chi connectivity index (χ3v) is 4.30. The van der Waals surface area contributed by atoms with Crippen LogP contribution in [0.3, 0.4) is 0 Å². The van der Waals surface area contributed by atoms with Crippen LogP contribution in [0, 0.1) is 5.92 Å². The van der Waals surface area contributed by atoms with Crippen LogP contribution >= 0.6 is 15.9 Å². The number of methoxy groups -OCH3 is 2. The molecular formula is C16H24BrN3O2. The highest BCUT2D eigenvalue weighted by Crippen LogP contribution is 2.33. The topological polar surface area (TPSA) is 54.9 Å². The molecule has 22 heavy (non-hydrogen) atoms. The molecule has 1 saturated carbocycles. The number of aliphatic imine (C=N–C) groups is 1. The quantitative estimate of drug-likeness (QED) is 0.573. The summed E-state index contributed by atoms with van der Waals surface area (Å²) >= 11 is 3.57. The van der Waals surface area contributed by atoms with Gasteiger partial charge in [0.2, 0.25) is 0 Å². The maximum Gasteiger partial charge on any atom is 0.191 e. The predicted octanol–water partition coefficient (Wildman–Crippen LogP) is 2.93. The van der Waals surface area contributed by atoms with Gasteiger partial charge in [0.25, 0.3) is 0 Å². The van der Waals surface area contributed by atoms with E-state index in [9.17, 15) is 0 Å². The molecule has 0 bridgehead atoms. The van der Waals surface area contributed by atoms with Gasteiger partial charge in [-0.25, -0.2) is 4.99 Å². The van der Waals surface area contributed by atoms with Crippen molar-refractivity contribution in [1.29, 1.82) is 0 Å². The van der Waals surface area contributed by atoms with Crippen molar-refractivity contribution in [3.05, 3.63) is 22.2 Å². The molecule has 5 nitrogen and oxygen atoms in total. The summed E-state index contributed by atoms with van der Waals surface area (Å²) in [5.41, 5.74) is 1.06. The maximum atomic E-state index is 5.35. The number of hydrogen-bond acceptors (Lipinski definition) is 3. The second-order valence-corrected chi connectivity index (χ2v) is 6.17. The highest BCUT2D eigenvalue weighted by atomic mass is 79.9. The minimum absolute atomic E-state index is 0.570. The van der Waals surface area contributed by atoms with E-state index in [1.165, 1.54) is 12.8 Å². The van der Waals surface area contributed by atoms with Crippen LogP contribution in [0.1, 0.15) is 25.3 Å². The fraction of sp³-hybridized carbons (Fsp3) is 0.562. The van der Waals surface area contributed by atoms with E-state index in [1.807, 2.05) is 12.1 Å². The van der Waals surface area contributed by atoms with Gasteiger partial charge in [-0.2, -0.15) is 0 Å². The third-order valence-electron chi connectivity index (χ3n) is 3.56. The molecule has 0 saturated heterocycles. The van der Waals surface area contributed by atoms with Gasteiger partial charge in [-0.3, -0.25) is 0 Å². The zero-order valence-corrected chi connectivity index (χ0v) is 15.0. The van der Waals surface area contributed by atoms with E-state index < -0.39 is 0 Å². The van der Waals surface area contributed by atoms with E-state index in [2.05, 4.69) is 38.5 Å². The van der Waals surface area contributed by atoms with Crippen LogP contribution in [0.5, 0.6) is 11.5 Å². The van der Waals surface area contributed by atoms with Crippen molar-refractivity contribution in [3.63, 3.8) is 0 Å². The molecule has 0 unspecified atom stereocenters. The third kappa shape index (κ3) is 4.80. The number of benzene rings is 1. The largest absolute Gasteiger partial charge is 0.493 e. The Morgan fingerprint density at radius 3 is 2.50 bits per heavy atom. The first-order valence-electron chi connectivity index (χ1n) is 7.60. The van der Waals surface area contributed by atoms with Crippen LogP contribution < -0.4 is 20.1 Å². The minimum atomic E-state index is 0.570. The number of rotatable bonds is 7. The average molecular weight is 370 g/mol. The molecular weight excluding hydrogens is 346 g/mol. The molecule has 0 amide bonds. The zero-order valence-electron chi connectivity index (χ0n) is 13.4. The molecule has 2 rings (SSSR count). The Bertz CT molecular complexity index is 530. The standard InChI is InChI=1S/C16H24BrN3O2/c1-4-18-16(19-9-11-5-6-11)20-10-12-7-14(21-2)15(22-3)8-13(12)17/h7-8,11H,4-6,9-10H2,1-3H3,(H2,18,19,20). The molecule has 0 aromatic heterocycles. The van der Waals surface area contributed by atoms with Gasteiger partial charge in [0, 0.05) is 17.6 Å². The molecule has 1 aromatic rings. The molecule has 0 radical (unpaired) electrons. The Labute approximate surface area is 140 Å². The van der Waals surface area contributed by atoms with Crippen molar-refractivity contribution >= 4 is 21.9 Å². The van der Waals surface area contributed by atoms with E-state index in [4.69, 9.17) is 9.47 Å². The molecule has 0 aliphatic heterocycles. The van der Waals surface area contributed by atoms with Gasteiger partial charge in [0.15, 0.2) is 17.5 Å². The first-order chi connectivity index (χ1) is 10.7. The fourth-order valence-electron chi connectivity index (χ4n) is 2.09. The molecule has 1 aromatic carbocycles. The molecule has 2 N–H and O–H groups in total. The lowest BCUT2D eigenvalue weighted by Gasteiger charge is -2.13. The SMILES string of the molecule is CCNC(=NCc1cc(OC)c(OC)cc1Br)NCC1CC1. The van der Waals surface area contributed by atoms with E-state index in [0.717, 1.165) is 35.0 Å². The van der Waals surface area contributed by atoms with Gasteiger partial charge >= 0.3 is 0 Å². The minimum Gasteiger partial charge on any atom is -0.493 e. The Balaban J connectivity index is 2.07. The summed E-state index contributed by atoms with van der Waals surface area (Å²) in [4.78, 5) is 4.64. The highest BCUT2D eigenvalue weighted by Gasteiger charge is 2.21. The Hall–Kier alpha value is -1.43. The molecule has 1 aliphatic rings. The second-order valence-electron chi connectivity index (χ2n) is 5.32. The van der Waals surface area contributed by atoms with Crippen molar-refractivity contribution < 1.29 is 9.47 Å². The summed E-state index contributed by atoms with van der Waals surface area (Å²) in [6, 6.07) is 3.87. The first kappa shape index (κ1) is 16.9. The van der Waals surface area contributed by atoms with Crippen molar-refractivity contribution in [2.24, 2.45) is 10.9 Å². The van der Waals surface area contributed by atoms with E-state index in [1.54, 1.807) is 14.2 Å². The Kier molecular flexibility index (Phi) is 6.36. The number of nitrogens with zero attached hydrogens (tertiary/aromatic N) is 1. The van der Waals surface area contributed by atoms with Gasteiger partial charge in [0.05, 0.1) is 20.8 Å². The molecule has 0 atom stereocenters. The van der Waals surface area contributed by atoms with Crippen molar-refractivity contribution in [2.45, 2.75) is 26.3 Å². The Morgan fingerprint density at radius 2 is 1.91 bits per heavy atom. The molecule has 0 spiro atoms. The smallest absolute Gasteiger partial charge is 0.191 e. The predicted molar refractivity (Wildman–Crippen MR) is 92.8 cm³/mol. The van der Waals surface area contributed by atoms with E-state index in [0.29, 0.717) is 18.0 Å². The van der Waals surface area contributed by atoms with Crippen LogP contribution in [0.15, 0.2) is 21.6 Å². The summed E-state index contributed by atoms with van der Waals surface area (Å²) in [6.45, 7) is 4.49. The van der Waals surface area contributed by atoms with Crippen LogP contribution in [0.4, 0.5) is 0 Å². The van der Waals surface area contributed by atoms with Crippen LogP contribution in [0.25, 0.3) is 0 Å². The number of guanidine groups is 1. The molecule has 6 heteroatoms. The van der Waals surface area contributed by atoms with Gasteiger partial charge in [-0.15, -0.1) is 0 Å². The zero-order chi connectivity index (χ0) is 15.9. The molecule has 122 valence electrons. The molecule has 1 aliphatic carbocycles. The number of ether oxygens (including phenoxy) is 2. The van der Waals surface area contributed by atoms with Gasteiger partial charge in [-0.05, 0) is 43.4 Å². The van der Waals surface area contributed by atoms with Crippen molar-refractivity contribution in [2.75, 3.05) is 27.3 Å². The van der Waals surface area contributed by atoms with Gasteiger partial charge in [-0.1, -0.05) is 15.9 Å². The number of hydrogen-bond donors (Lipinski definition) is 2. The number of halogens is 1. The summed E-state index contributed by atoms with van der Waals surface area (Å²) in [7, 11) is 3.27. The van der Waals surface area contributed by atoms with Crippen LogP contribution in [0.2, 0.25) is 0 Å². The highest BCUT2D eigenvalue weighted by molar-refractivity contribution is 9.10. The lowest BCUT2D eigenvalue weighted by Crippen LogP contribution is -2.38. The average Bonchev–Trinajstić information content (AvgIpc) is 3.34. The lowest BCUT2D eigenvalue weighted by atomic mass is 10.2. The number of nitrogens with one attached hydrogen (secondary N) is 2. The summed E-state index contributed by atoms with van der Waals surface area (Å²) in [5, 5.41) is 6.67. The van der Waals surface area contributed by atoms with Gasteiger partial charge in [0.1, 0.15) is 0 Å².